The van der Waals surface area contributed by atoms with E-state index in [1.54, 1.807) is 6.08 Å². The average Bonchev–Trinajstić information content (AvgIpc) is 3.46. The maximum Gasteiger partial charge on any atom is 0.305 e. The van der Waals surface area contributed by atoms with E-state index in [0.717, 1.165) is 109 Å². The van der Waals surface area contributed by atoms with Gasteiger partial charge < -0.3 is 45.1 Å². The molecule has 80 heavy (non-hydrogen) atoms. The minimum Gasteiger partial charge on any atom is -0.466 e. The molecule has 6 N–H and O–H groups in total. The first-order valence-electron chi connectivity index (χ1n) is 32.9. The highest BCUT2D eigenvalue weighted by molar-refractivity contribution is 5.76. The van der Waals surface area contributed by atoms with Crippen molar-refractivity contribution in [3.8, 4) is 0 Å². The Morgan fingerprint density at radius 1 is 0.463 bits per heavy atom. The molecule has 7 atom stereocenters. The van der Waals surface area contributed by atoms with Crippen molar-refractivity contribution in [1.29, 1.82) is 0 Å². The van der Waals surface area contributed by atoms with Gasteiger partial charge in [0.1, 0.15) is 24.4 Å². The number of unbranched alkanes of at least 4 members (excludes halogenated alkanes) is 30. The van der Waals surface area contributed by atoms with Crippen LogP contribution in [-0.4, -0.2) is 100 Å². The molecule has 0 aromatic heterocycles. The van der Waals surface area contributed by atoms with Gasteiger partial charge in [-0.15, -0.1) is 0 Å². The largest absolute Gasteiger partial charge is 0.466 e. The number of rotatable bonds is 56. The highest BCUT2D eigenvalue weighted by Gasteiger charge is 2.44. The molecule has 0 saturated carbocycles. The number of amides is 1. The summed E-state index contributed by atoms with van der Waals surface area (Å²) >= 11 is 0. The Bertz CT molecular complexity index is 1600. The molecule has 11 nitrogen and oxygen atoms in total. The summed E-state index contributed by atoms with van der Waals surface area (Å²) in [5.41, 5.74) is 0. The van der Waals surface area contributed by atoms with Crippen LogP contribution in [-0.2, 0) is 23.8 Å². The highest BCUT2D eigenvalue weighted by atomic mass is 16.7. The number of esters is 1. The number of allylic oxidation sites excluding steroid dienone is 13. The van der Waals surface area contributed by atoms with Crippen molar-refractivity contribution in [3.05, 3.63) is 85.1 Å². The molecule has 1 heterocycles. The number of carbonyl (C=O) groups excluding carboxylic acids is 2. The van der Waals surface area contributed by atoms with Gasteiger partial charge in [-0.1, -0.05) is 240 Å². The Hall–Kier alpha value is -3.16. The van der Waals surface area contributed by atoms with Gasteiger partial charge in [0.05, 0.1) is 32.0 Å². The minimum absolute atomic E-state index is 0.0152. The maximum atomic E-state index is 13.0. The van der Waals surface area contributed by atoms with Gasteiger partial charge in [-0.05, 0) is 109 Å². The second-order valence-electron chi connectivity index (χ2n) is 22.4. The smallest absolute Gasteiger partial charge is 0.305 e. The summed E-state index contributed by atoms with van der Waals surface area (Å²) in [5, 5.41) is 54.3. The molecule has 0 spiro atoms. The van der Waals surface area contributed by atoms with Crippen LogP contribution in [0, 0.1) is 0 Å². The molecule has 0 radical (unpaired) electrons. The SMILES string of the molecule is CCC/C=C/CC/C=C/CC/C=C/C(O)C(COC1OC(CO)C(O)C(O)C1O)NC(=O)CCCCCCCCCCCCC/C=C\C/C=C\CCCCCCCCCCCOC(=O)CCCCCCC/C=C\C/C=C\CCCC. The molecule has 1 amide bonds. The van der Waals surface area contributed by atoms with Crippen molar-refractivity contribution in [3.63, 3.8) is 0 Å². The molecule has 11 heteroatoms. The van der Waals surface area contributed by atoms with Crippen LogP contribution < -0.4 is 5.32 Å². The van der Waals surface area contributed by atoms with Crippen LogP contribution in [0.4, 0.5) is 0 Å². The number of carbonyl (C=O) groups is 2. The van der Waals surface area contributed by atoms with Crippen molar-refractivity contribution in [1.82, 2.24) is 5.32 Å². The van der Waals surface area contributed by atoms with Crippen molar-refractivity contribution in [2.24, 2.45) is 0 Å². The lowest BCUT2D eigenvalue weighted by Crippen LogP contribution is -2.60. The van der Waals surface area contributed by atoms with Gasteiger partial charge >= 0.3 is 5.97 Å². The molecule has 1 fully saturated rings. The fraction of sp³-hybridized carbons (Fsp3) is 0.768. The standard InChI is InChI=1S/C69H121NO10/c1-3-5-7-9-11-13-15-16-33-37-41-45-49-53-57-65(74)78-58-54-50-46-42-38-34-31-29-27-25-23-21-19-17-18-20-22-24-26-28-30-32-36-40-44-48-52-56-64(73)70-61(60-79-69-68(77)67(76)66(75)63(59-71)80-69)62(72)55-51-47-43-39-35-14-12-10-8-6-4-2/h8-11,15-18,21,23,35,39,51,55,61-63,66-69,71-72,75-77H,3-7,12-14,19-20,22,24-34,36-38,40-50,52-54,56-60H2,1-2H3,(H,70,73)/b10-8+,11-9-,16-15-,18-17-,23-21-,39-35+,55-51+. The van der Waals surface area contributed by atoms with Gasteiger partial charge in [-0.25, -0.2) is 0 Å². The molecule has 462 valence electrons. The molecule has 7 unspecified atom stereocenters. The number of hydrogen-bond acceptors (Lipinski definition) is 10. The Labute approximate surface area is 489 Å². The van der Waals surface area contributed by atoms with Crippen LogP contribution >= 0.6 is 0 Å². The number of aliphatic hydroxyl groups is 5. The van der Waals surface area contributed by atoms with Crippen LogP contribution in [0.15, 0.2) is 85.1 Å². The van der Waals surface area contributed by atoms with E-state index >= 15 is 0 Å². The molecule has 0 bridgehead atoms. The van der Waals surface area contributed by atoms with Gasteiger partial charge in [-0.3, -0.25) is 9.59 Å². The quantitative estimate of drug-likeness (QED) is 0.0195. The topological polar surface area (TPSA) is 175 Å². The number of ether oxygens (including phenoxy) is 3. The first kappa shape index (κ1) is 74.9. The van der Waals surface area contributed by atoms with Crippen molar-refractivity contribution < 1.29 is 49.3 Å². The summed E-state index contributed by atoms with van der Waals surface area (Å²) in [7, 11) is 0. The summed E-state index contributed by atoms with van der Waals surface area (Å²) < 4.78 is 16.7. The molecular formula is C69H121NO10. The van der Waals surface area contributed by atoms with E-state index in [1.807, 2.05) is 6.08 Å². The van der Waals surface area contributed by atoms with Gasteiger partial charge in [-0.2, -0.15) is 0 Å². The normalized spacial score (nSPS) is 18.9. The van der Waals surface area contributed by atoms with Crippen LogP contribution in [0.25, 0.3) is 0 Å². The Morgan fingerprint density at radius 2 is 0.875 bits per heavy atom. The molecule has 0 aromatic rings. The molecule has 1 saturated heterocycles. The van der Waals surface area contributed by atoms with Crippen LogP contribution in [0.3, 0.4) is 0 Å². The summed E-state index contributed by atoms with van der Waals surface area (Å²) in [6.45, 7) is 4.19. The van der Waals surface area contributed by atoms with E-state index in [4.69, 9.17) is 14.2 Å². The second-order valence-corrected chi connectivity index (χ2v) is 22.4. The maximum absolute atomic E-state index is 13.0. The zero-order valence-corrected chi connectivity index (χ0v) is 51.0. The zero-order chi connectivity index (χ0) is 58.0. The molecule has 0 aromatic carbocycles. The van der Waals surface area contributed by atoms with E-state index < -0.39 is 49.5 Å². The first-order chi connectivity index (χ1) is 39.2. The predicted octanol–water partition coefficient (Wildman–Crippen LogP) is 16.1. The summed E-state index contributed by atoms with van der Waals surface area (Å²) in [5.74, 6) is -0.218. The van der Waals surface area contributed by atoms with Gasteiger partial charge in [0, 0.05) is 12.8 Å². The molecule has 0 aliphatic carbocycles. The third-order valence-electron chi connectivity index (χ3n) is 14.9. The van der Waals surface area contributed by atoms with Crippen molar-refractivity contribution in [2.45, 2.75) is 320 Å². The monoisotopic (exact) mass is 1120 g/mol. The third-order valence-corrected chi connectivity index (χ3v) is 14.9. The minimum atomic E-state index is -1.58. The third kappa shape index (κ3) is 46.3. The second kappa shape index (κ2) is 57.6. The fourth-order valence-electron chi connectivity index (χ4n) is 9.70. The van der Waals surface area contributed by atoms with E-state index in [1.165, 1.54) is 141 Å². The molecule has 1 aliphatic heterocycles. The lowest BCUT2D eigenvalue weighted by Gasteiger charge is -2.40. The van der Waals surface area contributed by atoms with Crippen molar-refractivity contribution >= 4 is 11.9 Å². The van der Waals surface area contributed by atoms with Gasteiger partial charge in [0.2, 0.25) is 5.91 Å². The molecule has 1 aliphatic rings. The lowest BCUT2D eigenvalue weighted by atomic mass is 9.99. The summed E-state index contributed by atoms with van der Waals surface area (Å²) in [6.07, 6.45) is 68.5. The first-order valence-corrected chi connectivity index (χ1v) is 32.9. The summed E-state index contributed by atoms with van der Waals surface area (Å²) in [4.78, 5) is 25.1. The fourth-order valence-corrected chi connectivity index (χ4v) is 9.70. The molecule has 1 rings (SSSR count). The van der Waals surface area contributed by atoms with E-state index in [0.29, 0.717) is 19.4 Å². The number of hydrogen-bond donors (Lipinski definition) is 6. The Kier molecular flexibility index (Phi) is 53.9. The molecular weight excluding hydrogens is 1000 g/mol. The lowest BCUT2D eigenvalue weighted by molar-refractivity contribution is -0.302. The number of nitrogens with one attached hydrogen (secondary N) is 1. The zero-order valence-electron chi connectivity index (χ0n) is 51.0. The van der Waals surface area contributed by atoms with Gasteiger partial charge in [0.15, 0.2) is 6.29 Å². The van der Waals surface area contributed by atoms with Crippen LogP contribution in [0.2, 0.25) is 0 Å². The van der Waals surface area contributed by atoms with E-state index in [9.17, 15) is 35.1 Å². The van der Waals surface area contributed by atoms with Crippen molar-refractivity contribution in [2.75, 3.05) is 19.8 Å². The Morgan fingerprint density at radius 3 is 1.35 bits per heavy atom. The summed E-state index contributed by atoms with van der Waals surface area (Å²) in [6, 6.07) is -0.838. The van der Waals surface area contributed by atoms with Gasteiger partial charge in [0.25, 0.3) is 0 Å². The average molecular weight is 1120 g/mol. The van der Waals surface area contributed by atoms with Crippen LogP contribution in [0.1, 0.15) is 277 Å². The predicted molar refractivity (Wildman–Crippen MR) is 333 cm³/mol. The Balaban J connectivity index is 2.01. The number of aliphatic hydroxyl groups excluding tert-OH is 5. The highest BCUT2D eigenvalue weighted by Crippen LogP contribution is 2.23. The van der Waals surface area contributed by atoms with Crippen LogP contribution in [0.5, 0.6) is 0 Å². The van der Waals surface area contributed by atoms with E-state index in [2.05, 4.69) is 92.1 Å². The van der Waals surface area contributed by atoms with E-state index in [-0.39, 0.29) is 18.5 Å².